The highest BCUT2D eigenvalue weighted by Crippen LogP contribution is 2.45. The van der Waals surface area contributed by atoms with Gasteiger partial charge in [-0.2, -0.15) is 0 Å². The number of hydrogen-bond acceptors (Lipinski definition) is 5. The second-order valence-corrected chi connectivity index (χ2v) is 11.1. The SMILES string of the molecule is C.C/C=C1\c2ccccc2Sc2ccc(S(=O)(=O)N(C)C)cc21.CN1CCN(C)CC1. The fourth-order valence-electron chi connectivity index (χ4n) is 3.44. The molecule has 0 radical (unpaired) electrons. The molecule has 2 aliphatic heterocycles. The van der Waals surface area contributed by atoms with Crippen molar-refractivity contribution in [3.05, 3.63) is 59.7 Å². The predicted molar refractivity (Wildman–Crippen MR) is 132 cm³/mol. The summed E-state index contributed by atoms with van der Waals surface area (Å²) in [5.41, 5.74) is 3.22. The summed E-state index contributed by atoms with van der Waals surface area (Å²) in [5.74, 6) is 0. The molecule has 7 heteroatoms. The topological polar surface area (TPSA) is 43.9 Å². The van der Waals surface area contributed by atoms with Crippen LogP contribution in [0, 0.1) is 0 Å². The third-order valence-corrected chi connectivity index (χ3v) is 8.40. The molecule has 0 spiro atoms. The molecule has 1 saturated heterocycles. The smallest absolute Gasteiger partial charge is 0.242 e. The number of rotatable bonds is 2. The van der Waals surface area contributed by atoms with Gasteiger partial charge in [-0.25, -0.2) is 12.7 Å². The second kappa shape index (κ2) is 10.8. The first-order chi connectivity index (χ1) is 14.2. The molecule has 0 N–H and O–H groups in total. The highest BCUT2D eigenvalue weighted by molar-refractivity contribution is 7.99. The maximum Gasteiger partial charge on any atom is 0.242 e. The fraction of sp³-hybridized carbons (Fsp3) is 0.417. The molecule has 0 atom stereocenters. The molecule has 31 heavy (non-hydrogen) atoms. The summed E-state index contributed by atoms with van der Waals surface area (Å²) in [5, 5.41) is 0. The van der Waals surface area contributed by atoms with E-state index in [2.05, 4.69) is 36.0 Å². The number of piperazine rings is 1. The largest absolute Gasteiger partial charge is 0.304 e. The van der Waals surface area contributed by atoms with Crippen molar-refractivity contribution in [3.63, 3.8) is 0 Å². The van der Waals surface area contributed by atoms with Crippen LogP contribution in [-0.2, 0) is 10.0 Å². The van der Waals surface area contributed by atoms with Crippen molar-refractivity contribution >= 4 is 27.4 Å². The molecule has 0 aliphatic carbocycles. The summed E-state index contributed by atoms with van der Waals surface area (Å²) >= 11 is 1.68. The van der Waals surface area contributed by atoms with Crippen LogP contribution in [0.5, 0.6) is 0 Å². The zero-order valence-corrected chi connectivity index (χ0v) is 20.1. The molecule has 2 aliphatic rings. The van der Waals surface area contributed by atoms with E-state index >= 15 is 0 Å². The number of fused-ring (bicyclic) bond motifs is 2. The molecule has 0 saturated carbocycles. The van der Waals surface area contributed by atoms with Crippen LogP contribution in [0.15, 0.2) is 63.2 Å². The van der Waals surface area contributed by atoms with Gasteiger partial charge in [0.2, 0.25) is 10.0 Å². The molecule has 5 nitrogen and oxygen atoms in total. The van der Waals surface area contributed by atoms with Gasteiger partial charge >= 0.3 is 0 Å². The fourth-order valence-corrected chi connectivity index (χ4v) is 5.45. The van der Waals surface area contributed by atoms with E-state index in [0.29, 0.717) is 4.90 Å². The van der Waals surface area contributed by atoms with Gasteiger partial charge in [0.05, 0.1) is 4.90 Å². The van der Waals surface area contributed by atoms with Gasteiger partial charge in [0.25, 0.3) is 0 Å². The molecule has 1 fully saturated rings. The Labute approximate surface area is 192 Å². The summed E-state index contributed by atoms with van der Waals surface area (Å²) < 4.78 is 26.0. The molecule has 2 aromatic carbocycles. The van der Waals surface area contributed by atoms with Gasteiger partial charge in [0, 0.05) is 50.1 Å². The third kappa shape index (κ3) is 5.79. The Morgan fingerprint density at radius 2 is 1.45 bits per heavy atom. The van der Waals surface area contributed by atoms with Crippen molar-refractivity contribution in [2.75, 3.05) is 54.4 Å². The average molecular weight is 462 g/mol. The van der Waals surface area contributed by atoms with E-state index in [0.717, 1.165) is 21.6 Å². The molecular weight excluding hydrogens is 426 g/mol. The summed E-state index contributed by atoms with van der Waals surface area (Å²) in [6.45, 7) is 6.92. The van der Waals surface area contributed by atoms with Crippen molar-refractivity contribution in [2.24, 2.45) is 0 Å². The van der Waals surface area contributed by atoms with E-state index in [-0.39, 0.29) is 7.43 Å². The van der Waals surface area contributed by atoms with E-state index in [1.165, 1.54) is 35.4 Å². The van der Waals surface area contributed by atoms with Gasteiger partial charge in [0.15, 0.2) is 0 Å². The van der Waals surface area contributed by atoms with Crippen LogP contribution in [0.3, 0.4) is 0 Å². The first-order valence-corrected chi connectivity index (χ1v) is 12.4. The number of benzene rings is 2. The Hall–Kier alpha value is -1.64. The maximum absolute atomic E-state index is 12.4. The van der Waals surface area contributed by atoms with Crippen molar-refractivity contribution in [3.8, 4) is 0 Å². The minimum Gasteiger partial charge on any atom is -0.304 e. The molecule has 0 bridgehead atoms. The predicted octanol–water partition coefficient (Wildman–Crippen LogP) is 4.35. The lowest BCUT2D eigenvalue weighted by Gasteiger charge is -2.28. The molecule has 2 heterocycles. The minimum absolute atomic E-state index is 0. The maximum atomic E-state index is 12.4. The van der Waals surface area contributed by atoms with Crippen molar-refractivity contribution in [2.45, 2.75) is 29.0 Å². The second-order valence-electron chi connectivity index (χ2n) is 7.85. The molecule has 4 rings (SSSR count). The standard InChI is InChI=1S/C17H17NO2S2.C6H14N2.CH4/c1-4-13-14-7-5-6-8-16(14)21-17-10-9-12(11-15(13)17)22(19,20)18(2)3;1-7-3-5-8(2)6-4-7;/h4-11H,1-3H3;3-6H2,1-2H3;1H4/b13-4+;;. The Morgan fingerprint density at radius 3 is 2.00 bits per heavy atom. The molecule has 0 unspecified atom stereocenters. The summed E-state index contributed by atoms with van der Waals surface area (Å²) in [4.78, 5) is 7.34. The van der Waals surface area contributed by atoms with E-state index in [4.69, 9.17) is 0 Å². The molecule has 0 amide bonds. The Bertz CT molecular complexity index is 1010. The van der Waals surface area contributed by atoms with Gasteiger partial charge in [-0.1, -0.05) is 43.5 Å². The lowest BCUT2D eigenvalue weighted by molar-refractivity contribution is 0.181. The van der Waals surface area contributed by atoms with Crippen LogP contribution in [0.1, 0.15) is 25.5 Å². The van der Waals surface area contributed by atoms with E-state index in [1.807, 2.05) is 31.2 Å². The number of allylic oxidation sites excluding steroid dienone is 1. The number of nitrogens with zero attached hydrogens (tertiary/aromatic N) is 3. The summed E-state index contributed by atoms with van der Waals surface area (Å²) in [6.07, 6.45) is 2.05. The number of likely N-dealkylation sites (N-methyl/N-ethyl adjacent to an activating group) is 2. The normalized spacial score (nSPS) is 17.9. The van der Waals surface area contributed by atoms with Crippen LogP contribution in [0.25, 0.3) is 5.57 Å². The van der Waals surface area contributed by atoms with Crippen LogP contribution >= 0.6 is 11.8 Å². The summed E-state index contributed by atoms with van der Waals surface area (Å²) in [6, 6.07) is 13.6. The van der Waals surface area contributed by atoms with Gasteiger partial charge in [-0.3, -0.25) is 0 Å². The summed E-state index contributed by atoms with van der Waals surface area (Å²) in [7, 11) is 4.03. The highest BCUT2D eigenvalue weighted by atomic mass is 32.2. The van der Waals surface area contributed by atoms with Gasteiger partial charge in [-0.05, 0) is 62.0 Å². The lowest BCUT2D eigenvalue weighted by atomic mass is 9.97. The van der Waals surface area contributed by atoms with Crippen LogP contribution < -0.4 is 0 Å². The van der Waals surface area contributed by atoms with Gasteiger partial charge in [-0.15, -0.1) is 0 Å². The monoisotopic (exact) mass is 461 g/mol. The minimum atomic E-state index is -3.42. The highest BCUT2D eigenvalue weighted by Gasteiger charge is 2.24. The quantitative estimate of drug-likeness (QED) is 0.568. The number of sulfonamides is 1. The van der Waals surface area contributed by atoms with Crippen molar-refractivity contribution in [1.29, 1.82) is 0 Å². The molecular formula is C24H35N3O2S2. The third-order valence-electron chi connectivity index (χ3n) is 5.43. The van der Waals surface area contributed by atoms with Crippen molar-refractivity contribution in [1.82, 2.24) is 14.1 Å². The Morgan fingerprint density at radius 1 is 0.903 bits per heavy atom. The zero-order valence-electron chi connectivity index (χ0n) is 18.4. The van der Waals surface area contributed by atoms with Gasteiger partial charge < -0.3 is 9.80 Å². The van der Waals surface area contributed by atoms with Crippen LogP contribution in [0.2, 0.25) is 0 Å². The lowest BCUT2D eigenvalue weighted by Crippen LogP contribution is -2.42. The Kier molecular flexibility index (Phi) is 8.92. The first-order valence-electron chi connectivity index (χ1n) is 10.1. The van der Waals surface area contributed by atoms with Crippen molar-refractivity contribution < 1.29 is 8.42 Å². The first kappa shape index (κ1) is 25.6. The number of hydrogen-bond donors (Lipinski definition) is 0. The van der Waals surface area contributed by atoms with Crippen LogP contribution in [-0.4, -0.2) is 76.9 Å². The van der Waals surface area contributed by atoms with Gasteiger partial charge in [0.1, 0.15) is 0 Å². The van der Waals surface area contributed by atoms with E-state index in [9.17, 15) is 8.42 Å². The average Bonchev–Trinajstić information content (AvgIpc) is 2.74. The Balaban J connectivity index is 0.000000322. The molecule has 170 valence electrons. The molecule has 2 aromatic rings. The van der Waals surface area contributed by atoms with E-state index in [1.54, 1.807) is 38.0 Å². The zero-order chi connectivity index (χ0) is 21.9. The van der Waals surface area contributed by atoms with Crippen LogP contribution in [0.4, 0.5) is 0 Å². The van der Waals surface area contributed by atoms with E-state index < -0.39 is 10.0 Å². The molecule has 0 aromatic heterocycles.